The van der Waals surface area contributed by atoms with E-state index in [2.05, 4.69) is 10.3 Å². The summed E-state index contributed by atoms with van der Waals surface area (Å²) in [4.78, 5) is 16.0. The maximum Gasteiger partial charge on any atom is 0.256 e. The Labute approximate surface area is 110 Å². The quantitative estimate of drug-likeness (QED) is 0.817. The highest BCUT2D eigenvalue weighted by atomic mass is 35.5. The summed E-state index contributed by atoms with van der Waals surface area (Å²) in [7, 11) is 0. The van der Waals surface area contributed by atoms with Crippen molar-refractivity contribution in [3.8, 4) is 0 Å². The number of benzene rings is 1. The van der Waals surface area contributed by atoms with E-state index in [-0.39, 0.29) is 5.91 Å². The average Bonchev–Trinajstić information content (AvgIpc) is 2.35. The van der Waals surface area contributed by atoms with Crippen LogP contribution in [0.5, 0.6) is 0 Å². The Hall–Kier alpha value is -2.07. The van der Waals surface area contributed by atoms with Crippen molar-refractivity contribution in [2.75, 3.05) is 11.1 Å². The molecule has 0 unspecified atom stereocenters. The third-order valence-corrected chi connectivity index (χ3v) is 2.85. The van der Waals surface area contributed by atoms with Crippen molar-refractivity contribution in [3.05, 3.63) is 52.8 Å². The number of anilines is 2. The van der Waals surface area contributed by atoms with E-state index < -0.39 is 0 Å². The van der Waals surface area contributed by atoms with Gasteiger partial charge in [-0.05, 0) is 30.7 Å². The van der Waals surface area contributed by atoms with Gasteiger partial charge in [0.2, 0.25) is 0 Å². The monoisotopic (exact) mass is 261 g/mol. The zero-order valence-electron chi connectivity index (χ0n) is 9.77. The number of nitrogens with one attached hydrogen (secondary N) is 1. The number of carbonyl (C=O) groups is 1. The predicted molar refractivity (Wildman–Crippen MR) is 72.8 cm³/mol. The Morgan fingerprint density at radius 1 is 1.39 bits per heavy atom. The SMILES string of the molecule is Cc1ccc(N)cc1C(=O)Nc1cnccc1Cl. The van der Waals surface area contributed by atoms with E-state index in [1.165, 1.54) is 6.20 Å². The number of carbonyl (C=O) groups excluding carboxylic acids is 1. The van der Waals surface area contributed by atoms with Crippen molar-refractivity contribution < 1.29 is 4.79 Å². The lowest BCUT2D eigenvalue weighted by Crippen LogP contribution is -2.14. The number of amides is 1. The number of aryl methyl sites for hydroxylation is 1. The Morgan fingerprint density at radius 2 is 2.17 bits per heavy atom. The van der Waals surface area contributed by atoms with Gasteiger partial charge in [0.1, 0.15) is 0 Å². The first-order valence-corrected chi connectivity index (χ1v) is 5.72. The number of hydrogen-bond acceptors (Lipinski definition) is 3. The average molecular weight is 262 g/mol. The van der Waals surface area contributed by atoms with Gasteiger partial charge in [0.05, 0.1) is 16.9 Å². The van der Waals surface area contributed by atoms with Gasteiger partial charge in [-0.25, -0.2) is 0 Å². The molecule has 1 aromatic carbocycles. The lowest BCUT2D eigenvalue weighted by Gasteiger charge is -2.09. The molecule has 0 saturated heterocycles. The van der Waals surface area contributed by atoms with Gasteiger partial charge in [0.25, 0.3) is 5.91 Å². The van der Waals surface area contributed by atoms with Crippen LogP contribution in [0.4, 0.5) is 11.4 Å². The molecule has 2 aromatic rings. The van der Waals surface area contributed by atoms with Gasteiger partial charge >= 0.3 is 0 Å². The summed E-state index contributed by atoms with van der Waals surface area (Å²) in [6.07, 6.45) is 3.06. The van der Waals surface area contributed by atoms with Crippen molar-refractivity contribution in [3.63, 3.8) is 0 Å². The van der Waals surface area contributed by atoms with Gasteiger partial charge in [0.15, 0.2) is 0 Å². The van der Waals surface area contributed by atoms with Crippen molar-refractivity contribution >= 4 is 28.9 Å². The van der Waals surface area contributed by atoms with Crippen LogP contribution >= 0.6 is 11.6 Å². The minimum atomic E-state index is -0.255. The molecule has 2 rings (SSSR count). The standard InChI is InChI=1S/C13H12ClN3O/c1-8-2-3-9(15)6-10(8)13(18)17-12-7-16-5-4-11(12)14/h2-7H,15H2,1H3,(H,17,18). The molecule has 0 fully saturated rings. The van der Waals surface area contributed by atoms with Gasteiger partial charge in [-0.15, -0.1) is 0 Å². The molecule has 5 heteroatoms. The molecule has 92 valence electrons. The van der Waals surface area contributed by atoms with Crippen molar-refractivity contribution in [2.45, 2.75) is 6.92 Å². The van der Waals surface area contributed by atoms with E-state index in [1.807, 2.05) is 6.92 Å². The molecule has 0 aliphatic heterocycles. The van der Waals surface area contributed by atoms with Gasteiger partial charge < -0.3 is 11.1 Å². The summed E-state index contributed by atoms with van der Waals surface area (Å²) < 4.78 is 0. The number of pyridine rings is 1. The molecule has 0 atom stereocenters. The number of hydrogen-bond donors (Lipinski definition) is 2. The Morgan fingerprint density at radius 3 is 2.89 bits per heavy atom. The fourth-order valence-electron chi connectivity index (χ4n) is 1.54. The number of nitrogen functional groups attached to an aromatic ring is 1. The molecule has 0 radical (unpaired) electrons. The predicted octanol–water partition coefficient (Wildman–Crippen LogP) is 2.88. The van der Waals surface area contributed by atoms with Crippen LogP contribution < -0.4 is 11.1 Å². The molecule has 0 aliphatic carbocycles. The molecule has 0 spiro atoms. The normalized spacial score (nSPS) is 10.1. The van der Waals surface area contributed by atoms with Gasteiger partial charge in [-0.2, -0.15) is 0 Å². The Balaban J connectivity index is 2.28. The number of nitrogens with two attached hydrogens (primary N) is 1. The third-order valence-electron chi connectivity index (χ3n) is 2.52. The fourth-order valence-corrected chi connectivity index (χ4v) is 1.70. The summed E-state index contributed by atoms with van der Waals surface area (Å²) in [5, 5.41) is 3.15. The second kappa shape index (κ2) is 5.06. The zero-order chi connectivity index (χ0) is 13.1. The summed E-state index contributed by atoms with van der Waals surface area (Å²) in [6.45, 7) is 1.85. The fraction of sp³-hybridized carbons (Fsp3) is 0.0769. The van der Waals surface area contributed by atoms with Crippen molar-refractivity contribution in [2.24, 2.45) is 0 Å². The van der Waals surface area contributed by atoms with Crippen LogP contribution in [0.25, 0.3) is 0 Å². The second-order valence-electron chi connectivity index (χ2n) is 3.88. The van der Waals surface area contributed by atoms with Gasteiger partial charge in [0, 0.05) is 17.4 Å². The van der Waals surface area contributed by atoms with Gasteiger partial charge in [-0.3, -0.25) is 9.78 Å². The number of nitrogens with zero attached hydrogens (tertiary/aromatic N) is 1. The molecule has 1 amide bonds. The Kier molecular flexibility index (Phi) is 3.48. The topological polar surface area (TPSA) is 68.0 Å². The first kappa shape index (κ1) is 12.4. The van der Waals surface area contributed by atoms with E-state index in [0.29, 0.717) is 22.0 Å². The number of rotatable bonds is 2. The van der Waals surface area contributed by atoms with Crippen molar-refractivity contribution in [1.29, 1.82) is 0 Å². The largest absolute Gasteiger partial charge is 0.399 e. The lowest BCUT2D eigenvalue weighted by molar-refractivity contribution is 0.102. The summed E-state index contributed by atoms with van der Waals surface area (Å²) in [5.74, 6) is -0.255. The van der Waals surface area contributed by atoms with E-state index in [0.717, 1.165) is 5.56 Å². The van der Waals surface area contributed by atoms with Crippen LogP contribution in [0.2, 0.25) is 5.02 Å². The highest BCUT2D eigenvalue weighted by Gasteiger charge is 2.11. The maximum absolute atomic E-state index is 12.1. The molecule has 0 saturated carbocycles. The molecular formula is C13H12ClN3O. The molecule has 1 heterocycles. The first-order valence-electron chi connectivity index (χ1n) is 5.35. The van der Waals surface area contributed by atoms with Gasteiger partial charge in [-0.1, -0.05) is 17.7 Å². The third kappa shape index (κ3) is 2.60. The van der Waals surface area contributed by atoms with Crippen LogP contribution in [0, 0.1) is 6.92 Å². The highest BCUT2D eigenvalue weighted by molar-refractivity contribution is 6.33. The van der Waals surface area contributed by atoms with E-state index in [1.54, 1.807) is 30.5 Å². The number of halogens is 1. The van der Waals surface area contributed by atoms with Crippen LogP contribution in [0.1, 0.15) is 15.9 Å². The molecular weight excluding hydrogens is 250 g/mol. The molecule has 1 aromatic heterocycles. The van der Waals surface area contributed by atoms with Crippen LogP contribution in [-0.2, 0) is 0 Å². The van der Waals surface area contributed by atoms with E-state index >= 15 is 0 Å². The minimum Gasteiger partial charge on any atom is -0.399 e. The molecule has 4 nitrogen and oxygen atoms in total. The molecule has 0 bridgehead atoms. The summed E-state index contributed by atoms with van der Waals surface area (Å²) >= 11 is 5.95. The number of aromatic nitrogens is 1. The Bertz CT molecular complexity index is 599. The molecule has 18 heavy (non-hydrogen) atoms. The van der Waals surface area contributed by atoms with Crippen molar-refractivity contribution in [1.82, 2.24) is 4.98 Å². The summed E-state index contributed by atoms with van der Waals surface area (Å²) in [5.41, 5.74) is 8.06. The van der Waals surface area contributed by atoms with Crippen LogP contribution in [0.15, 0.2) is 36.7 Å². The maximum atomic E-state index is 12.1. The molecule has 3 N–H and O–H groups in total. The van der Waals surface area contributed by atoms with E-state index in [4.69, 9.17) is 17.3 Å². The smallest absolute Gasteiger partial charge is 0.256 e. The van der Waals surface area contributed by atoms with Crippen LogP contribution in [-0.4, -0.2) is 10.9 Å². The summed E-state index contributed by atoms with van der Waals surface area (Å²) in [6, 6.07) is 6.80. The second-order valence-corrected chi connectivity index (χ2v) is 4.29. The molecule has 0 aliphatic rings. The zero-order valence-corrected chi connectivity index (χ0v) is 10.5. The lowest BCUT2D eigenvalue weighted by atomic mass is 10.1. The minimum absolute atomic E-state index is 0.255. The van der Waals surface area contributed by atoms with E-state index in [9.17, 15) is 4.79 Å². The highest BCUT2D eigenvalue weighted by Crippen LogP contribution is 2.21. The van der Waals surface area contributed by atoms with Crippen LogP contribution in [0.3, 0.4) is 0 Å². The first-order chi connectivity index (χ1) is 8.58.